The van der Waals surface area contributed by atoms with Crippen LogP contribution in [-0.2, 0) is 0 Å². The number of halogens is 1. The van der Waals surface area contributed by atoms with Crippen molar-refractivity contribution >= 4 is 23.1 Å². The molecule has 1 aliphatic rings. The molecule has 1 aromatic heterocycles. The van der Waals surface area contributed by atoms with Gasteiger partial charge in [-0.05, 0) is 43.5 Å². The van der Waals surface area contributed by atoms with Crippen LogP contribution < -0.4 is 5.32 Å². The first-order valence-electron chi connectivity index (χ1n) is 7.35. The molecule has 2 amide bonds. The summed E-state index contributed by atoms with van der Waals surface area (Å²) in [6.45, 7) is 3.12. The van der Waals surface area contributed by atoms with E-state index in [-0.39, 0.29) is 11.8 Å². The van der Waals surface area contributed by atoms with Crippen molar-refractivity contribution in [2.24, 2.45) is 0 Å². The molecule has 1 aliphatic heterocycles. The first kappa shape index (κ1) is 15.0. The fourth-order valence-corrected chi connectivity index (χ4v) is 3.50. The summed E-state index contributed by atoms with van der Waals surface area (Å²) in [7, 11) is 0. The van der Waals surface area contributed by atoms with Gasteiger partial charge in [-0.25, -0.2) is 14.2 Å². The van der Waals surface area contributed by atoms with E-state index in [2.05, 4.69) is 10.3 Å². The van der Waals surface area contributed by atoms with Gasteiger partial charge in [-0.15, -0.1) is 11.3 Å². The molecular weight excluding hydrogens is 301 g/mol. The number of likely N-dealkylation sites (tertiary alicyclic amines) is 1. The topological polar surface area (TPSA) is 45.2 Å². The molecule has 0 bridgehead atoms. The second-order valence-corrected chi connectivity index (χ2v) is 6.45. The summed E-state index contributed by atoms with van der Waals surface area (Å²) in [6.07, 6.45) is 3.70. The molecule has 1 N–H and O–H groups in total. The second-order valence-electron chi connectivity index (χ2n) is 5.53. The molecule has 3 rings (SSSR count). The minimum absolute atomic E-state index is 0.122. The van der Waals surface area contributed by atoms with Gasteiger partial charge in [0.1, 0.15) is 5.82 Å². The van der Waals surface area contributed by atoms with E-state index in [1.54, 1.807) is 30.4 Å². The number of hydrogen-bond acceptors (Lipinski definition) is 3. The molecule has 0 unspecified atom stereocenters. The summed E-state index contributed by atoms with van der Waals surface area (Å²) < 4.78 is 13.2. The lowest BCUT2D eigenvalue weighted by atomic mass is 9.98. The van der Waals surface area contributed by atoms with E-state index in [4.69, 9.17) is 0 Å². The van der Waals surface area contributed by atoms with Gasteiger partial charge in [0.25, 0.3) is 0 Å². The van der Waals surface area contributed by atoms with Crippen LogP contribution in [0.2, 0.25) is 0 Å². The van der Waals surface area contributed by atoms with Crippen LogP contribution in [0.3, 0.4) is 0 Å². The molecule has 4 nitrogen and oxygen atoms in total. The lowest BCUT2D eigenvalue weighted by Gasteiger charge is -2.31. The zero-order chi connectivity index (χ0) is 15.5. The quantitative estimate of drug-likeness (QED) is 0.909. The van der Waals surface area contributed by atoms with Crippen molar-refractivity contribution in [1.29, 1.82) is 0 Å². The Hall–Kier alpha value is -1.95. The number of amides is 2. The van der Waals surface area contributed by atoms with Crippen molar-refractivity contribution in [2.45, 2.75) is 25.7 Å². The number of carbonyl (C=O) groups is 1. The number of aryl methyl sites for hydroxylation is 1. The highest BCUT2D eigenvalue weighted by Gasteiger charge is 2.25. The maximum atomic E-state index is 13.2. The van der Waals surface area contributed by atoms with E-state index in [1.807, 2.05) is 16.5 Å². The largest absolute Gasteiger partial charge is 0.324 e. The van der Waals surface area contributed by atoms with Crippen molar-refractivity contribution < 1.29 is 9.18 Å². The van der Waals surface area contributed by atoms with Crippen LogP contribution in [0, 0.1) is 12.7 Å². The Morgan fingerprint density at radius 3 is 2.82 bits per heavy atom. The van der Waals surface area contributed by atoms with E-state index in [9.17, 15) is 9.18 Å². The van der Waals surface area contributed by atoms with E-state index in [1.165, 1.54) is 6.07 Å². The number of benzene rings is 1. The van der Waals surface area contributed by atoms with Crippen molar-refractivity contribution in [3.63, 3.8) is 0 Å². The van der Waals surface area contributed by atoms with Gasteiger partial charge >= 0.3 is 6.03 Å². The van der Waals surface area contributed by atoms with Crippen LogP contribution in [0.4, 0.5) is 14.9 Å². The fourth-order valence-electron chi connectivity index (χ4n) is 2.69. The van der Waals surface area contributed by atoms with Gasteiger partial charge in [-0.1, -0.05) is 0 Å². The van der Waals surface area contributed by atoms with Crippen LogP contribution in [0.5, 0.6) is 0 Å². The van der Waals surface area contributed by atoms with Gasteiger partial charge < -0.3 is 10.2 Å². The zero-order valence-corrected chi connectivity index (χ0v) is 13.2. The molecule has 2 aromatic rings. The molecule has 0 radical (unpaired) electrons. The minimum atomic E-state index is -0.262. The first-order chi connectivity index (χ1) is 10.6. The highest BCUT2D eigenvalue weighted by molar-refractivity contribution is 7.09. The van der Waals surface area contributed by atoms with Gasteiger partial charge in [0.2, 0.25) is 0 Å². The van der Waals surface area contributed by atoms with Gasteiger partial charge in [0.05, 0.1) is 5.01 Å². The highest BCUT2D eigenvalue weighted by Crippen LogP contribution is 2.29. The normalized spacial score (nSPS) is 15.8. The number of rotatable bonds is 2. The number of piperidine rings is 1. The lowest BCUT2D eigenvalue weighted by molar-refractivity contribution is 0.194. The summed E-state index contributed by atoms with van der Waals surface area (Å²) >= 11 is 1.68. The van der Waals surface area contributed by atoms with Crippen molar-refractivity contribution in [3.8, 4) is 0 Å². The van der Waals surface area contributed by atoms with E-state index < -0.39 is 0 Å². The van der Waals surface area contributed by atoms with E-state index in [0.29, 0.717) is 17.2 Å². The number of anilines is 1. The molecule has 0 aliphatic carbocycles. The van der Waals surface area contributed by atoms with E-state index in [0.717, 1.165) is 30.9 Å². The highest BCUT2D eigenvalue weighted by atomic mass is 32.1. The number of nitrogens with zero attached hydrogens (tertiary/aromatic N) is 2. The summed E-state index contributed by atoms with van der Waals surface area (Å²) in [5, 5.41) is 5.99. The predicted molar refractivity (Wildman–Crippen MR) is 85.8 cm³/mol. The van der Waals surface area contributed by atoms with Crippen molar-refractivity contribution in [2.75, 3.05) is 18.4 Å². The maximum Gasteiger partial charge on any atom is 0.321 e. The molecule has 0 atom stereocenters. The molecular formula is C16H18FN3OS. The van der Waals surface area contributed by atoms with Crippen LogP contribution in [0.25, 0.3) is 0 Å². The van der Waals surface area contributed by atoms with Crippen LogP contribution in [-0.4, -0.2) is 29.0 Å². The average molecular weight is 319 g/mol. The number of aromatic nitrogens is 1. The molecule has 116 valence electrons. The Bertz CT molecular complexity index is 651. The fraction of sp³-hybridized carbons (Fsp3) is 0.375. The molecule has 0 spiro atoms. The zero-order valence-electron chi connectivity index (χ0n) is 12.4. The SMILES string of the molecule is Cc1cc(NC(=O)N2CCC(c3nccs3)CC2)ccc1F. The number of hydrogen-bond donors (Lipinski definition) is 1. The van der Waals surface area contributed by atoms with Gasteiger partial charge in [0.15, 0.2) is 0 Å². The van der Waals surface area contributed by atoms with Gasteiger partial charge in [0, 0.05) is 36.3 Å². The third kappa shape index (κ3) is 3.27. The minimum Gasteiger partial charge on any atom is -0.324 e. The Balaban J connectivity index is 1.56. The first-order valence-corrected chi connectivity index (χ1v) is 8.23. The summed E-state index contributed by atoms with van der Waals surface area (Å²) in [6, 6.07) is 4.49. The maximum absolute atomic E-state index is 13.2. The number of carbonyl (C=O) groups excluding carboxylic acids is 1. The Morgan fingerprint density at radius 1 is 1.41 bits per heavy atom. The molecule has 1 saturated heterocycles. The molecule has 22 heavy (non-hydrogen) atoms. The summed E-state index contributed by atoms with van der Waals surface area (Å²) in [5.41, 5.74) is 1.16. The van der Waals surface area contributed by atoms with Crippen LogP contribution in [0.15, 0.2) is 29.8 Å². The summed E-state index contributed by atoms with van der Waals surface area (Å²) in [5.74, 6) is 0.194. The van der Waals surface area contributed by atoms with Crippen molar-refractivity contribution in [3.05, 3.63) is 46.2 Å². The van der Waals surface area contributed by atoms with Crippen LogP contribution in [0.1, 0.15) is 29.3 Å². The molecule has 0 saturated carbocycles. The standard InChI is InChI=1S/C16H18FN3OS/c1-11-10-13(2-3-14(11)17)19-16(21)20-7-4-12(5-8-20)15-18-6-9-22-15/h2-3,6,9-10,12H,4-5,7-8H2,1H3,(H,19,21). The van der Waals surface area contributed by atoms with Crippen LogP contribution >= 0.6 is 11.3 Å². The number of urea groups is 1. The number of nitrogens with one attached hydrogen (secondary N) is 1. The van der Waals surface area contributed by atoms with Crippen molar-refractivity contribution in [1.82, 2.24) is 9.88 Å². The third-order valence-corrected chi connectivity index (χ3v) is 4.93. The predicted octanol–water partition coefficient (Wildman–Crippen LogP) is 4.00. The second kappa shape index (κ2) is 6.44. The molecule has 2 heterocycles. The Kier molecular flexibility index (Phi) is 4.38. The Morgan fingerprint density at radius 2 is 2.18 bits per heavy atom. The monoisotopic (exact) mass is 319 g/mol. The average Bonchev–Trinajstić information content (AvgIpc) is 3.05. The smallest absolute Gasteiger partial charge is 0.321 e. The lowest BCUT2D eigenvalue weighted by Crippen LogP contribution is -2.40. The Labute approximate surface area is 133 Å². The molecule has 6 heteroatoms. The van der Waals surface area contributed by atoms with Gasteiger partial charge in [-0.2, -0.15) is 0 Å². The van der Waals surface area contributed by atoms with E-state index >= 15 is 0 Å². The number of thiazole rings is 1. The van der Waals surface area contributed by atoms with Gasteiger partial charge in [-0.3, -0.25) is 0 Å². The third-order valence-electron chi connectivity index (χ3n) is 3.99. The molecule has 1 fully saturated rings. The summed E-state index contributed by atoms with van der Waals surface area (Å²) in [4.78, 5) is 18.4. The molecule has 1 aromatic carbocycles.